The second kappa shape index (κ2) is 9.59. The molecule has 11 heteroatoms. The molecule has 1 unspecified atom stereocenters. The normalized spacial score (nSPS) is 18.0. The summed E-state index contributed by atoms with van der Waals surface area (Å²) in [4.78, 5) is 4.88. The minimum atomic E-state index is -3.95. The van der Waals surface area contributed by atoms with Gasteiger partial charge >= 0.3 is 0 Å². The van der Waals surface area contributed by atoms with Crippen molar-refractivity contribution in [2.45, 2.75) is 75.4 Å². The third kappa shape index (κ3) is 5.78. The Kier molecular flexibility index (Phi) is 6.74. The molecule has 1 atom stereocenters. The molecule has 2 aliphatic carbocycles. The summed E-state index contributed by atoms with van der Waals surface area (Å²) >= 11 is 5.55. The van der Waals surface area contributed by atoms with Crippen LogP contribution in [0.4, 0.5) is 10.2 Å². The lowest BCUT2D eigenvalue weighted by Gasteiger charge is -2.29. The van der Waals surface area contributed by atoms with Gasteiger partial charge in [-0.1, -0.05) is 0 Å². The van der Waals surface area contributed by atoms with Gasteiger partial charge in [-0.25, -0.2) is 17.5 Å². The topological polar surface area (TPSA) is 101 Å². The second-order valence-electron chi connectivity index (χ2n) is 10.8. The molecule has 0 spiro atoms. The van der Waals surface area contributed by atoms with Crippen molar-refractivity contribution in [2.24, 2.45) is 7.05 Å². The predicted octanol–water partition coefficient (Wildman–Crippen LogP) is 4.02. The van der Waals surface area contributed by atoms with Gasteiger partial charge in [0.25, 0.3) is 0 Å². The fraction of sp³-hybridized carbons (Fsp3) is 0.500. The van der Waals surface area contributed by atoms with Crippen molar-refractivity contribution in [1.82, 2.24) is 24.8 Å². The van der Waals surface area contributed by atoms with Crippen molar-refractivity contribution in [3.63, 3.8) is 0 Å². The second-order valence-corrected chi connectivity index (χ2v) is 12.9. The quantitative estimate of drug-likeness (QED) is 0.386. The fourth-order valence-corrected chi connectivity index (χ4v) is 6.93. The number of aryl methyl sites for hydroxylation is 2. The van der Waals surface area contributed by atoms with E-state index in [-0.39, 0.29) is 17.5 Å². The van der Waals surface area contributed by atoms with E-state index >= 15 is 0 Å². The van der Waals surface area contributed by atoms with Crippen LogP contribution in [-0.4, -0.2) is 46.6 Å². The average Bonchev–Trinajstić information content (AvgIpc) is 3.60. The van der Waals surface area contributed by atoms with Gasteiger partial charge < -0.3 is 10.6 Å². The van der Waals surface area contributed by atoms with E-state index in [1.807, 2.05) is 32.2 Å². The van der Waals surface area contributed by atoms with Crippen molar-refractivity contribution < 1.29 is 12.8 Å². The van der Waals surface area contributed by atoms with Crippen LogP contribution < -0.4 is 15.4 Å². The number of thiocarbonyl (C=S) groups is 1. The largest absolute Gasteiger partial charge is 0.359 e. The summed E-state index contributed by atoms with van der Waals surface area (Å²) in [6.07, 6.45) is 5.79. The van der Waals surface area contributed by atoms with E-state index in [2.05, 4.69) is 25.4 Å². The summed E-state index contributed by atoms with van der Waals surface area (Å²) < 4.78 is 45.7. The Bertz CT molecular complexity index is 1470. The van der Waals surface area contributed by atoms with Crippen molar-refractivity contribution in [3.8, 4) is 0 Å². The number of nitrogens with zero attached hydrogens (tertiary/aromatic N) is 3. The molecule has 0 amide bonds. The smallest absolute Gasteiger partial charge is 0.241 e. The Morgan fingerprint density at radius 1 is 1.24 bits per heavy atom. The molecule has 0 bridgehead atoms. The lowest BCUT2D eigenvalue weighted by Crippen LogP contribution is -2.42. The number of benzene rings is 1. The van der Waals surface area contributed by atoms with Crippen LogP contribution in [0.3, 0.4) is 0 Å². The Morgan fingerprint density at radius 2 is 2.00 bits per heavy atom. The van der Waals surface area contributed by atoms with Crippen LogP contribution in [0.5, 0.6) is 0 Å². The van der Waals surface area contributed by atoms with E-state index in [9.17, 15) is 12.8 Å². The number of hydrogen-bond acceptors (Lipinski definition) is 5. The summed E-state index contributed by atoms with van der Waals surface area (Å²) in [5.74, 6) is 1.18. The van der Waals surface area contributed by atoms with Gasteiger partial charge in [0.1, 0.15) is 11.5 Å². The van der Waals surface area contributed by atoms with Gasteiger partial charge in [0.15, 0.2) is 5.11 Å². The maximum Gasteiger partial charge on any atom is 0.241 e. The number of rotatable bonds is 7. The third-order valence-electron chi connectivity index (χ3n) is 6.93. The maximum atomic E-state index is 14.3. The number of pyridine rings is 1. The number of fused-ring (bicyclic) bond motifs is 2. The van der Waals surface area contributed by atoms with Crippen LogP contribution in [0.2, 0.25) is 0 Å². The first-order valence-corrected chi connectivity index (χ1v) is 14.5. The first-order valence-electron chi connectivity index (χ1n) is 12.6. The molecule has 1 fully saturated rings. The first kappa shape index (κ1) is 26.0. The highest BCUT2D eigenvalue weighted by molar-refractivity contribution is 7.89. The summed E-state index contributed by atoms with van der Waals surface area (Å²) in [5.41, 5.74) is 1.89. The molecular formula is C26H33FN6O2S2. The molecule has 8 nitrogen and oxygen atoms in total. The molecule has 37 heavy (non-hydrogen) atoms. The Balaban J connectivity index is 1.46. The molecule has 3 aromatic rings. The van der Waals surface area contributed by atoms with E-state index in [0.29, 0.717) is 35.7 Å². The number of nitrogens with one attached hydrogen (secondary N) is 3. The molecule has 0 saturated heterocycles. The minimum absolute atomic E-state index is 0.0336. The zero-order valence-electron chi connectivity index (χ0n) is 21.6. The van der Waals surface area contributed by atoms with Crippen molar-refractivity contribution >= 4 is 43.9 Å². The van der Waals surface area contributed by atoms with E-state index < -0.39 is 15.7 Å². The first-order chi connectivity index (χ1) is 17.4. The third-order valence-corrected chi connectivity index (χ3v) is 8.67. The highest BCUT2D eigenvalue weighted by Crippen LogP contribution is 2.41. The molecule has 198 valence electrons. The zero-order chi connectivity index (χ0) is 26.5. The van der Waals surface area contributed by atoms with Gasteiger partial charge in [0.05, 0.1) is 10.6 Å². The van der Waals surface area contributed by atoms with Crippen LogP contribution >= 0.6 is 12.2 Å². The average molecular weight is 545 g/mol. The van der Waals surface area contributed by atoms with Crippen molar-refractivity contribution in [3.05, 3.63) is 46.9 Å². The Morgan fingerprint density at radius 3 is 2.65 bits per heavy atom. The van der Waals surface area contributed by atoms with E-state index in [0.717, 1.165) is 46.6 Å². The van der Waals surface area contributed by atoms with Crippen LogP contribution in [0.1, 0.15) is 61.5 Å². The van der Waals surface area contributed by atoms with Gasteiger partial charge in [-0.2, -0.15) is 5.10 Å². The molecule has 1 aromatic carbocycles. The molecule has 2 heterocycles. The van der Waals surface area contributed by atoms with Crippen LogP contribution in [0.15, 0.2) is 29.3 Å². The monoisotopic (exact) mass is 544 g/mol. The molecule has 2 aliphatic rings. The number of halogens is 1. The maximum absolute atomic E-state index is 14.3. The number of alkyl halides is 1. The van der Waals surface area contributed by atoms with Crippen molar-refractivity contribution in [2.75, 3.05) is 11.9 Å². The molecule has 2 aromatic heterocycles. The summed E-state index contributed by atoms with van der Waals surface area (Å²) in [5, 5.41) is 12.8. The molecule has 0 radical (unpaired) electrons. The molecular weight excluding hydrogens is 511 g/mol. The zero-order valence-corrected chi connectivity index (χ0v) is 23.2. The van der Waals surface area contributed by atoms with Crippen LogP contribution in [-0.2, 0) is 29.9 Å². The van der Waals surface area contributed by atoms with Gasteiger partial charge in [0.2, 0.25) is 10.0 Å². The van der Waals surface area contributed by atoms with Crippen LogP contribution in [0, 0.1) is 6.92 Å². The van der Waals surface area contributed by atoms with E-state index in [1.165, 1.54) is 13.8 Å². The number of anilines is 1. The molecule has 3 N–H and O–H groups in total. The van der Waals surface area contributed by atoms with Crippen molar-refractivity contribution in [1.29, 1.82) is 0 Å². The SMILES string of the molecule is Cc1cc(NC(=S)NC2CCc3c(cc4cnc(C5CC5)cc4c3S(=O)(=O)NCC(C)(C)F)C2)n(C)n1. The lowest BCUT2D eigenvalue weighted by atomic mass is 9.86. The lowest BCUT2D eigenvalue weighted by molar-refractivity contribution is 0.221. The molecule has 0 aliphatic heterocycles. The number of sulfonamides is 1. The van der Waals surface area contributed by atoms with Gasteiger partial charge in [-0.05, 0) is 88.4 Å². The summed E-state index contributed by atoms with van der Waals surface area (Å²) in [7, 11) is -2.10. The minimum Gasteiger partial charge on any atom is -0.359 e. The summed E-state index contributed by atoms with van der Waals surface area (Å²) in [6, 6.07) is 5.91. The van der Waals surface area contributed by atoms with Gasteiger partial charge in [-0.3, -0.25) is 9.67 Å². The highest BCUT2D eigenvalue weighted by Gasteiger charge is 2.32. The standard InChI is InChI=1S/C26H33FN6O2S2/c1-15-9-23(33(4)32-15)31-25(36)30-19-7-8-20-17(11-19)10-18-13-28-22(16-5-6-16)12-21(18)24(20)37(34,35)29-14-26(2,3)27/h9-10,12-13,16,19,29H,5-8,11,14H2,1-4H3,(H2,30,31,36). The Hall–Kier alpha value is -2.63. The summed E-state index contributed by atoms with van der Waals surface area (Å²) in [6.45, 7) is 4.35. The fourth-order valence-electron chi connectivity index (χ4n) is 4.96. The molecule has 1 saturated carbocycles. The Labute approximate surface area is 222 Å². The highest BCUT2D eigenvalue weighted by atomic mass is 32.2. The van der Waals surface area contributed by atoms with Crippen LogP contribution in [0.25, 0.3) is 10.8 Å². The predicted molar refractivity (Wildman–Crippen MR) is 147 cm³/mol. The van der Waals surface area contributed by atoms with E-state index in [1.54, 1.807) is 10.9 Å². The number of hydrogen-bond donors (Lipinski definition) is 3. The van der Waals surface area contributed by atoms with Gasteiger partial charge in [-0.15, -0.1) is 0 Å². The van der Waals surface area contributed by atoms with E-state index in [4.69, 9.17) is 12.2 Å². The molecule has 5 rings (SSSR count). The van der Waals surface area contributed by atoms with Gasteiger partial charge in [0, 0.05) is 54.3 Å². The number of aromatic nitrogens is 3.